The van der Waals surface area contributed by atoms with E-state index < -0.39 is 0 Å². The van der Waals surface area contributed by atoms with Gasteiger partial charge in [-0.15, -0.1) is 0 Å². The molecule has 5 heteroatoms. The predicted octanol–water partition coefficient (Wildman–Crippen LogP) is 3.30. The molecule has 1 aromatic heterocycles. The summed E-state index contributed by atoms with van der Waals surface area (Å²) in [6.07, 6.45) is 6.89. The number of nitrogens with two attached hydrogens (primary N) is 1. The summed E-state index contributed by atoms with van der Waals surface area (Å²) in [6.45, 7) is 0. The molecule has 0 saturated heterocycles. The first-order valence-electron chi connectivity index (χ1n) is 5.47. The Labute approximate surface area is 112 Å². The smallest absolute Gasteiger partial charge is 0.0729 e. The van der Waals surface area contributed by atoms with Gasteiger partial charge in [-0.3, -0.25) is 16.3 Å². The largest absolute Gasteiger partial charge is 0.271 e. The Morgan fingerprint density at radius 3 is 2.75 bits per heavy atom. The van der Waals surface area contributed by atoms with E-state index in [9.17, 15) is 0 Å². The number of rotatable bonds is 4. The van der Waals surface area contributed by atoms with Gasteiger partial charge in [0.15, 0.2) is 0 Å². The summed E-state index contributed by atoms with van der Waals surface area (Å²) in [5.41, 5.74) is 3.87. The van der Waals surface area contributed by atoms with E-state index in [1.165, 1.54) is 19.3 Å². The van der Waals surface area contributed by atoms with Gasteiger partial charge in [0.25, 0.3) is 0 Å². The zero-order chi connectivity index (χ0) is 11.5. The van der Waals surface area contributed by atoms with Crippen LogP contribution in [0.2, 0.25) is 0 Å². The third kappa shape index (κ3) is 2.83. The van der Waals surface area contributed by atoms with Gasteiger partial charge in [-0.1, -0.05) is 19.3 Å². The lowest BCUT2D eigenvalue weighted by atomic mass is 9.80. The number of hydrogen-bond donors (Lipinski definition) is 2. The Morgan fingerprint density at radius 2 is 2.25 bits per heavy atom. The van der Waals surface area contributed by atoms with Crippen LogP contribution in [0.25, 0.3) is 0 Å². The van der Waals surface area contributed by atoms with Gasteiger partial charge in [-0.25, -0.2) is 0 Å². The maximum atomic E-state index is 5.62. The first-order valence-corrected chi connectivity index (χ1v) is 7.06. The molecule has 1 unspecified atom stereocenters. The first-order chi connectivity index (χ1) is 7.70. The fraction of sp³-hybridized carbons (Fsp3) is 0.545. The quantitative estimate of drug-likeness (QED) is 0.648. The van der Waals surface area contributed by atoms with E-state index in [1.807, 2.05) is 12.3 Å². The highest BCUT2D eigenvalue weighted by Gasteiger charge is 2.24. The van der Waals surface area contributed by atoms with Crippen molar-refractivity contribution < 1.29 is 0 Å². The van der Waals surface area contributed by atoms with E-state index in [0.29, 0.717) is 0 Å². The van der Waals surface area contributed by atoms with Crippen molar-refractivity contribution in [3.8, 4) is 0 Å². The van der Waals surface area contributed by atoms with E-state index >= 15 is 0 Å². The number of hydrogen-bond acceptors (Lipinski definition) is 3. The number of halogens is 2. The molecule has 0 bridgehead atoms. The van der Waals surface area contributed by atoms with E-state index in [-0.39, 0.29) is 6.04 Å². The normalized spacial score (nSPS) is 18.2. The number of nitrogens with one attached hydrogen (secondary N) is 1. The molecule has 88 valence electrons. The average Bonchev–Trinajstić information content (AvgIpc) is 2.18. The topological polar surface area (TPSA) is 50.9 Å². The Morgan fingerprint density at radius 1 is 1.50 bits per heavy atom. The summed E-state index contributed by atoms with van der Waals surface area (Å²) < 4.78 is 1.98. The third-order valence-corrected chi connectivity index (χ3v) is 4.23. The fourth-order valence-corrected chi connectivity index (χ4v) is 3.27. The van der Waals surface area contributed by atoms with Gasteiger partial charge in [0.2, 0.25) is 0 Å². The molecule has 3 N–H and O–H groups in total. The highest BCUT2D eigenvalue weighted by molar-refractivity contribution is 9.11. The number of hydrazine groups is 1. The minimum atomic E-state index is 0.146. The van der Waals surface area contributed by atoms with E-state index in [0.717, 1.165) is 27.0 Å². The van der Waals surface area contributed by atoms with Crippen molar-refractivity contribution in [2.45, 2.75) is 31.7 Å². The Bertz CT molecular complexity index is 366. The first kappa shape index (κ1) is 12.5. The summed E-state index contributed by atoms with van der Waals surface area (Å²) >= 11 is 6.93. The van der Waals surface area contributed by atoms with Crippen LogP contribution in [-0.4, -0.2) is 4.98 Å². The maximum absolute atomic E-state index is 5.62. The Hall–Kier alpha value is 0.0300. The standard InChI is InChI=1S/C11H15Br2N3/c12-8-5-9(13)11(15-6-8)10(16-14)4-7-2-1-3-7/h5-7,10,16H,1-4,14H2. The molecule has 3 nitrogen and oxygen atoms in total. The molecule has 0 aromatic carbocycles. The van der Waals surface area contributed by atoms with Crippen LogP contribution >= 0.6 is 31.9 Å². The van der Waals surface area contributed by atoms with Crippen molar-refractivity contribution in [3.05, 3.63) is 26.9 Å². The Kier molecular flexibility index (Phi) is 4.35. The molecule has 2 rings (SSSR count). The Balaban J connectivity index is 2.11. The zero-order valence-corrected chi connectivity index (χ0v) is 12.1. The van der Waals surface area contributed by atoms with Crippen LogP contribution in [0.1, 0.15) is 37.4 Å². The van der Waals surface area contributed by atoms with E-state index in [2.05, 4.69) is 42.3 Å². The summed E-state index contributed by atoms with van der Waals surface area (Å²) in [6, 6.07) is 2.15. The average molecular weight is 349 g/mol. The molecule has 1 heterocycles. The van der Waals surface area contributed by atoms with Gasteiger partial charge in [0, 0.05) is 15.1 Å². The molecule has 16 heavy (non-hydrogen) atoms. The van der Waals surface area contributed by atoms with E-state index in [1.54, 1.807) is 0 Å². The van der Waals surface area contributed by atoms with Gasteiger partial charge in [-0.05, 0) is 50.3 Å². The second kappa shape index (κ2) is 5.58. The molecule has 1 atom stereocenters. The van der Waals surface area contributed by atoms with Gasteiger partial charge >= 0.3 is 0 Å². The summed E-state index contributed by atoms with van der Waals surface area (Å²) in [4.78, 5) is 4.42. The SMILES string of the molecule is NNC(CC1CCC1)c1ncc(Br)cc1Br. The lowest BCUT2D eigenvalue weighted by molar-refractivity contribution is 0.259. The molecule has 0 spiro atoms. The van der Waals surface area contributed by atoms with Crippen LogP contribution in [0.15, 0.2) is 21.2 Å². The monoisotopic (exact) mass is 347 g/mol. The van der Waals surface area contributed by atoms with Crippen LogP contribution < -0.4 is 11.3 Å². The molecule has 0 aliphatic heterocycles. The van der Waals surface area contributed by atoms with Gasteiger partial charge < -0.3 is 0 Å². The predicted molar refractivity (Wildman–Crippen MR) is 71.7 cm³/mol. The van der Waals surface area contributed by atoms with Crippen molar-refractivity contribution in [3.63, 3.8) is 0 Å². The highest BCUT2D eigenvalue weighted by Crippen LogP contribution is 2.35. The van der Waals surface area contributed by atoms with Gasteiger partial charge in [-0.2, -0.15) is 0 Å². The molecule has 0 amide bonds. The molecular formula is C11H15Br2N3. The second-order valence-electron chi connectivity index (χ2n) is 4.27. The number of aromatic nitrogens is 1. The highest BCUT2D eigenvalue weighted by atomic mass is 79.9. The minimum Gasteiger partial charge on any atom is -0.271 e. The van der Waals surface area contributed by atoms with Crippen LogP contribution in [-0.2, 0) is 0 Å². The van der Waals surface area contributed by atoms with Crippen molar-refractivity contribution >= 4 is 31.9 Å². The lowest BCUT2D eigenvalue weighted by Crippen LogP contribution is -2.32. The molecule has 0 radical (unpaired) electrons. The second-order valence-corrected chi connectivity index (χ2v) is 6.04. The molecular weight excluding hydrogens is 334 g/mol. The van der Waals surface area contributed by atoms with E-state index in [4.69, 9.17) is 5.84 Å². The molecule has 1 aliphatic rings. The van der Waals surface area contributed by atoms with Crippen molar-refractivity contribution in [1.82, 2.24) is 10.4 Å². The third-order valence-electron chi connectivity index (χ3n) is 3.16. The van der Waals surface area contributed by atoms with Crippen LogP contribution in [0.4, 0.5) is 0 Å². The van der Waals surface area contributed by atoms with Crippen LogP contribution in [0, 0.1) is 5.92 Å². The number of pyridine rings is 1. The van der Waals surface area contributed by atoms with Gasteiger partial charge in [0.05, 0.1) is 11.7 Å². The van der Waals surface area contributed by atoms with Crippen molar-refractivity contribution in [2.75, 3.05) is 0 Å². The van der Waals surface area contributed by atoms with Gasteiger partial charge in [0.1, 0.15) is 0 Å². The molecule has 1 saturated carbocycles. The summed E-state index contributed by atoms with van der Waals surface area (Å²) in [5, 5.41) is 0. The summed E-state index contributed by atoms with van der Waals surface area (Å²) in [7, 11) is 0. The summed E-state index contributed by atoms with van der Waals surface area (Å²) in [5.74, 6) is 6.42. The van der Waals surface area contributed by atoms with Crippen molar-refractivity contribution in [2.24, 2.45) is 11.8 Å². The zero-order valence-electron chi connectivity index (χ0n) is 8.92. The lowest BCUT2D eigenvalue weighted by Gasteiger charge is -2.29. The molecule has 1 aliphatic carbocycles. The molecule has 1 aromatic rings. The van der Waals surface area contributed by atoms with Crippen LogP contribution in [0.5, 0.6) is 0 Å². The number of nitrogens with zero attached hydrogens (tertiary/aromatic N) is 1. The fourth-order valence-electron chi connectivity index (χ4n) is 2.00. The maximum Gasteiger partial charge on any atom is 0.0729 e. The minimum absolute atomic E-state index is 0.146. The van der Waals surface area contributed by atoms with Crippen molar-refractivity contribution in [1.29, 1.82) is 0 Å². The van der Waals surface area contributed by atoms with Crippen LogP contribution in [0.3, 0.4) is 0 Å². The molecule has 1 fully saturated rings.